The molecule has 0 aliphatic carbocycles. The molecule has 15 heavy (non-hydrogen) atoms. The lowest BCUT2D eigenvalue weighted by atomic mass is 10.2. The Bertz CT molecular complexity index is 478. The van der Waals surface area contributed by atoms with Crippen molar-refractivity contribution in [2.75, 3.05) is 6.61 Å². The summed E-state index contributed by atoms with van der Waals surface area (Å²) in [4.78, 5) is 15.7. The third-order valence-corrected chi connectivity index (χ3v) is 2.80. The van der Waals surface area contributed by atoms with Crippen LogP contribution in [0.25, 0.3) is 10.2 Å². The third kappa shape index (κ3) is 2.15. The maximum Gasteiger partial charge on any atom is 0.338 e. The Kier molecular flexibility index (Phi) is 2.97. The third-order valence-electron chi connectivity index (χ3n) is 2.00. The van der Waals surface area contributed by atoms with E-state index in [1.165, 1.54) is 11.3 Å². The van der Waals surface area contributed by atoms with Gasteiger partial charge in [-0.3, -0.25) is 0 Å². The molecule has 2 aromatic rings. The number of carbonyl (C=O) groups excluding carboxylic acids is 1. The zero-order valence-corrected chi connectivity index (χ0v) is 9.21. The van der Waals surface area contributed by atoms with E-state index in [0.717, 1.165) is 16.6 Å². The van der Waals surface area contributed by atoms with Crippen LogP contribution in [-0.4, -0.2) is 17.6 Å². The van der Waals surface area contributed by atoms with Gasteiger partial charge in [0.05, 0.1) is 27.9 Å². The average Bonchev–Trinajstić information content (AvgIpc) is 2.72. The number of thiazole rings is 1. The number of fused-ring (bicyclic) bond motifs is 1. The second-order valence-corrected chi connectivity index (χ2v) is 4.06. The number of ether oxygens (including phenoxy) is 1. The van der Waals surface area contributed by atoms with Crippen molar-refractivity contribution in [3.05, 3.63) is 29.3 Å². The first-order valence-corrected chi connectivity index (χ1v) is 5.69. The van der Waals surface area contributed by atoms with E-state index in [0.29, 0.717) is 12.2 Å². The molecule has 0 saturated heterocycles. The Balaban J connectivity index is 2.23. The summed E-state index contributed by atoms with van der Waals surface area (Å²) in [6.07, 6.45) is 0.842. The van der Waals surface area contributed by atoms with Crippen LogP contribution >= 0.6 is 11.3 Å². The summed E-state index contributed by atoms with van der Waals surface area (Å²) in [6, 6.07) is 5.42. The van der Waals surface area contributed by atoms with Gasteiger partial charge < -0.3 is 4.74 Å². The summed E-state index contributed by atoms with van der Waals surface area (Å²) >= 11 is 1.52. The Hall–Kier alpha value is -1.42. The van der Waals surface area contributed by atoms with Gasteiger partial charge in [0.15, 0.2) is 0 Å². The largest absolute Gasteiger partial charge is 0.462 e. The molecule has 0 aliphatic heterocycles. The Morgan fingerprint density at radius 3 is 3.20 bits per heavy atom. The van der Waals surface area contributed by atoms with Crippen molar-refractivity contribution in [3.8, 4) is 0 Å². The van der Waals surface area contributed by atoms with Crippen molar-refractivity contribution in [2.45, 2.75) is 13.3 Å². The molecule has 1 aromatic carbocycles. The van der Waals surface area contributed by atoms with Crippen molar-refractivity contribution in [1.82, 2.24) is 4.98 Å². The van der Waals surface area contributed by atoms with E-state index >= 15 is 0 Å². The van der Waals surface area contributed by atoms with Gasteiger partial charge in [-0.1, -0.05) is 6.92 Å². The van der Waals surface area contributed by atoms with Crippen LogP contribution in [0.15, 0.2) is 23.7 Å². The summed E-state index contributed by atoms with van der Waals surface area (Å²) < 4.78 is 6.06. The zero-order chi connectivity index (χ0) is 10.7. The smallest absolute Gasteiger partial charge is 0.338 e. The summed E-state index contributed by atoms with van der Waals surface area (Å²) in [6.45, 7) is 2.44. The highest BCUT2D eigenvalue weighted by molar-refractivity contribution is 7.16. The molecule has 0 bridgehead atoms. The van der Waals surface area contributed by atoms with Crippen molar-refractivity contribution < 1.29 is 9.53 Å². The van der Waals surface area contributed by atoms with E-state index in [1.54, 1.807) is 11.6 Å². The summed E-state index contributed by atoms with van der Waals surface area (Å²) in [7, 11) is 0. The normalized spacial score (nSPS) is 10.5. The topological polar surface area (TPSA) is 39.2 Å². The number of hydrogen-bond donors (Lipinski definition) is 0. The molecule has 0 unspecified atom stereocenters. The van der Waals surface area contributed by atoms with Crippen LogP contribution in [0.4, 0.5) is 0 Å². The van der Waals surface area contributed by atoms with Gasteiger partial charge in [0.1, 0.15) is 0 Å². The average molecular weight is 221 g/mol. The monoisotopic (exact) mass is 221 g/mol. The minimum atomic E-state index is -0.257. The van der Waals surface area contributed by atoms with Crippen LogP contribution in [0, 0.1) is 0 Å². The highest BCUT2D eigenvalue weighted by Crippen LogP contribution is 2.19. The highest BCUT2D eigenvalue weighted by Gasteiger charge is 2.07. The zero-order valence-electron chi connectivity index (χ0n) is 8.40. The minimum Gasteiger partial charge on any atom is -0.462 e. The molecule has 1 heterocycles. The molecule has 0 saturated carbocycles. The molecule has 2 rings (SSSR count). The molecule has 3 nitrogen and oxygen atoms in total. The molecular weight excluding hydrogens is 210 g/mol. The molecule has 0 fully saturated rings. The van der Waals surface area contributed by atoms with Crippen LogP contribution in [0.3, 0.4) is 0 Å². The first-order chi connectivity index (χ1) is 7.31. The number of esters is 1. The molecule has 1 aromatic heterocycles. The lowest BCUT2D eigenvalue weighted by Gasteiger charge is -2.02. The van der Waals surface area contributed by atoms with Gasteiger partial charge in [0.2, 0.25) is 0 Å². The molecule has 0 spiro atoms. The van der Waals surface area contributed by atoms with Crippen molar-refractivity contribution in [3.63, 3.8) is 0 Å². The second-order valence-electron chi connectivity index (χ2n) is 3.17. The van der Waals surface area contributed by atoms with E-state index in [2.05, 4.69) is 4.98 Å². The van der Waals surface area contributed by atoms with E-state index in [4.69, 9.17) is 4.74 Å². The van der Waals surface area contributed by atoms with Gasteiger partial charge in [-0.05, 0) is 24.6 Å². The fourth-order valence-electron chi connectivity index (χ4n) is 1.26. The van der Waals surface area contributed by atoms with Gasteiger partial charge in [-0.2, -0.15) is 0 Å². The predicted molar refractivity (Wildman–Crippen MR) is 60.2 cm³/mol. The van der Waals surface area contributed by atoms with Crippen LogP contribution in [0.5, 0.6) is 0 Å². The fraction of sp³-hybridized carbons (Fsp3) is 0.273. The number of nitrogens with zero attached hydrogens (tertiary/aromatic N) is 1. The van der Waals surface area contributed by atoms with Gasteiger partial charge in [0, 0.05) is 0 Å². The van der Waals surface area contributed by atoms with Crippen LogP contribution < -0.4 is 0 Å². The molecule has 4 heteroatoms. The van der Waals surface area contributed by atoms with Crippen molar-refractivity contribution in [1.29, 1.82) is 0 Å². The predicted octanol–water partition coefficient (Wildman–Crippen LogP) is 2.86. The van der Waals surface area contributed by atoms with E-state index in [1.807, 2.05) is 19.1 Å². The highest BCUT2D eigenvalue weighted by atomic mass is 32.1. The van der Waals surface area contributed by atoms with Gasteiger partial charge in [-0.15, -0.1) is 11.3 Å². The Labute approximate surface area is 91.7 Å². The van der Waals surface area contributed by atoms with Crippen LogP contribution in [-0.2, 0) is 4.74 Å². The van der Waals surface area contributed by atoms with Gasteiger partial charge >= 0.3 is 5.97 Å². The maximum atomic E-state index is 11.5. The van der Waals surface area contributed by atoms with E-state index < -0.39 is 0 Å². The molecule has 0 amide bonds. The number of carbonyl (C=O) groups is 1. The summed E-state index contributed by atoms with van der Waals surface area (Å²) in [5, 5.41) is 0. The fourth-order valence-corrected chi connectivity index (χ4v) is 1.98. The molecular formula is C11H11NO2S. The maximum absolute atomic E-state index is 11.5. The number of aromatic nitrogens is 1. The van der Waals surface area contributed by atoms with Gasteiger partial charge in [-0.25, -0.2) is 9.78 Å². The van der Waals surface area contributed by atoms with E-state index in [9.17, 15) is 4.79 Å². The Morgan fingerprint density at radius 2 is 2.40 bits per heavy atom. The first kappa shape index (κ1) is 10.1. The molecule has 0 atom stereocenters. The first-order valence-electron chi connectivity index (χ1n) is 4.81. The number of rotatable bonds is 3. The minimum absolute atomic E-state index is 0.257. The summed E-state index contributed by atoms with van der Waals surface area (Å²) in [5.74, 6) is -0.257. The Morgan fingerprint density at radius 1 is 1.53 bits per heavy atom. The lowest BCUT2D eigenvalue weighted by Crippen LogP contribution is -2.05. The number of hydrogen-bond acceptors (Lipinski definition) is 4. The van der Waals surface area contributed by atoms with Gasteiger partial charge in [0.25, 0.3) is 0 Å². The molecule has 0 radical (unpaired) electrons. The van der Waals surface area contributed by atoms with Crippen LogP contribution in [0.1, 0.15) is 23.7 Å². The SMILES string of the molecule is CCCOC(=O)c1ccc2ncsc2c1. The summed E-state index contributed by atoms with van der Waals surface area (Å²) in [5.41, 5.74) is 3.29. The van der Waals surface area contributed by atoms with Crippen LogP contribution in [0.2, 0.25) is 0 Å². The lowest BCUT2D eigenvalue weighted by molar-refractivity contribution is 0.0505. The molecule has 0 N–H and O–H groups in total. The molecule has 0 aliphatic rings. The second kappa shape index (κ2) is 4.40. The van der Waals surface area contributed by atoms with Crippen molar-refractivity contribution >= 4 is 27.5 Å². The van der Waals surface area contributed by atoms with E-state index in [-0.39, 0.29) is 5.97 Å². The van der Waals surface area contributed by atoms with Crippen molar-refractivity contribution in [2.24, 2.45) is 0 Å². The quantitative estimate of drug-likeness (QED) is 0.748. The number of benzene rings is 1. The molecule has 78 valence electrons. The standard InChI is InChI=1S/C11H11NO2S/c1-2-5-14-11(13)8-3-4-9-10(6-8)15-7-12-9/h3-4,6-7H,2,5H2,1H3.